The van der Waals surface area contributed by atoms with E-state index in [1.165, 1.54) is 48.5 Å². The van der Waals surface area contributed by atoms with Gasteiger partial charge in [-0.2, -0.15) is 0 Å². The number of aromatic nitrogens is 2. The summed E-state index contributed by atoms with van der Waals surface area (Å²) in [6, 6.07) is 17.5. The van der Waals surface area contributed by atoms with Crippen LogP contribution in [0.5, 0.6) is 11.6 Å². The number of anilines is 1. The molecule has 1 saturated heterocycles. The first-order chi connectivity index (χ1) is 20.6. The lowest BCUT2D eigenvalue weighted by Crippen LogP contribution is -2.42. The number of nitrogens with one attached hydrogen (secondary N) is 1. The molecule has 43 heavy (non-hydrogen) atoms. The second kappa shape index (κ2) is 12.5. The van der Waals surface area contributed by atoms with Crippen LogP contribution >= 0.6 is 0 Å². The third-order valence-electron chi connectivity index (χ3n) is 7.03. The highest BCUT2D eigenvalue weighted by atomic mass is 32.2. The van der Waals surface area contributed by atoms with Crippen LogP contribution in [-0.4, -0.2) is 59.2 Å². The van der Waals surface area contributed by atoms with Crippen molar-refractivity contribution < 1.29 is 31.9 Å². The standard InChI is InChI=1S/C31H27FN4O6S/c1-20(37)21-2-8-25(9-3-21)42-29-13-7-24(19-34-29)35-30(38)22-4-12-28(33-18-22)31(39)36-16-14-27(15-17-36)43(40,41)26-10-5-23(32)6-11-26/h2-13,18-19,27H,14-17H2,1H3,(H,35,38). The number of nitrogens with zero attached hydrogens (tertiary/aromatic N) is 3. The van der Waals surface area contributed by atoms with E-state index in [9.17, 15) is 27.2 Å². The summed E-state index contributed by atoms with van der Waals surface area (Å²) in [5, 5.41) is 2.04. The van der Waals surface area contributed by atoms with E-state index >= 15 is 0 Å². The zero-order chi connectivity index (χ0) is 30.6. The molecule has 1 aliphatic rings. The zero-order valence-electron chi connectivity index (χ0n) is 23.1. The molecule has 2 aromatic carbocycles. The Hall–Kier alpha value is -4.97. The number of likely N-dealkylation sites (tertiary alicyclic amines) is 1. The molecule has 12 heteroatoms. The lowest BCUT2D eigenvalue weighted by molar-refractivity contribution is 0.0719. The maximum atomic E-state index is 13.2. The summed E-state index contributed by atoms with van der Waals surface area (Å²) in [6.07, 6.45) is 3.22. The van der Waals surface area contributed by atoms with Crippen LogP contribution in [-0.2, 0) is 9.84 Å². The van der Waals surface area contributed by atoms with Crippen LogP contribution in [0.15, 0.2) is 90.1 Å². The Kier molecular flexibility index (Phi) is 8.58. The van der Waals surface area contributed by atoms with Gasteiger partial charge in [0.25, 0.3) is 11.8 Å². The van der Waals surface area contributed by atoms with Gasteiger partial charge < -0.3 is 15.0 Å². The summed E-state index contributed by atoms with van der Waals surface area (Å²) in [5.41, 5.74) is 1.35. The fraction of sp³-hybridized carbons (Fsp3) is 0.194. The first-order valence-corrected chi connectivity index (χ1v) is 15.0. The number of rotatable bonds is 8. The molecule has 1 aliphatic heterocycles. The Balaban J connectivity index is 1.13. The molecular weight excluding hydrogens is 575 g/mol. The number of ether oxygens (including phenoxy) is 1. The molecule has 1 fully saturated rings. The van der Waals surface area contributed by atoms with Gasteiger partial charge in [0, 0.05) is 30.9 Å². The van der Waals surface area contributed by atoms with E-state index in [-0.39, 0.29) is 53.8 Å². The van der Waals surface area contributed by atoms with Crippen LogP contribution in [0.1, 0.15) is 51.0 Å². The number of halogens is 1. The lowest BCUT2D eigenvalue weighted by Gasteiger charge is -2.31. The molecule has 0 atom stereocenters. The van der Waals surface area contributed by atoms with Crippen molar-refractivity contribution in [2.45, 2.75) is 29.9 Å². The Bertz CT molecular complexity index is 1740. The molecule has 2 amide bonds. The largest absolute Gasteiger partial charge is 0.439 e. The van der Waals surface area contributed by atoms with E-state index in [2.05, 4.69) is 15.3 Å². The number of sulfone groups is 1. The van der Waals surface area contributed by atoms with Crippen molar-refractivity contribution in [2.24, 2.45) is 0 Å². The first kappa shape index (κ1) is 29.5. The quantitative estimate of drug-likeness (QED) is 0.221. The summed E-state index contributed by atoms with van der Waals surface area (Å²) in [5.74, 6) is -0.557. The van der Waals surface area contributed by atoms with Gasteiger partial charge in [-0.3, -0.25) is 19.4 Å². The number of amides is 2. The van der Waals surface area contributed by atoms with Crippen LogP contribution in [0.4, 0.5) is 10.1 Å². The maximum absolute atomic E-state index is 13.2. The molecule has 0 spiro atoms. The van der Waals surface area contributed by atoms with Crippen molar-refractivity contribution in [2.75, 3.05) is 18.4 Å². The molecule has 4 aromatic rings. The van der Waals surface area contributed by atoms with Crippen molar-refractivity contribution in [3.8, 4) is 11.6 Å². The second-order valence-electron chi connectivity index (χ2n) is 9.94. The zero-order valence-corrected chi connectivity index (χ0v) is 23.9. The monoisotopic (exact) mass is 602 g/mol. The Morgan fingerprint density at radius 2 is 1.53 bits per heavy atom. The normalized spacial score (nSPS) is 13.8. The number of Topliss-reactive ketones (excluding diaryl/α,β-unsaturated/α-hetero) is 1. The highest BCUT2D eigenvalue weighted by molar-refractivity contribution is 7.92. The summed E-state index contributed by atoms with van der Waals surface area (Å²) in [7, 11) is -3.64. The fourth-order valence-electron chi connectivity index (χ4n) is 4.60. The highest BCUT2D eigenvalue weighted by Gasteiger charge is 2.33. The highest BCUT2D eigenvalue weighted by Crippen LogP contribution is 2.26. The predicted molar refractivity (Wildman–Crippen MR) is 155 cm³/mol. The van der Waals surface area contributed by atoms with Crippen LogP contribution in [0.2, 0.25) is 0 Å². The van der Waals surface area contributed by atoms with E-state index in [0.717, 1.165) is 12.1 Å². The SMILES string of the molecule is CC(=O)c1ccc(Oc2ccc(NC(=O)c3ccc(C(=O)N4CCC(S(=O)(=O)c5ccc(F)cc5)CC4)nc3)cn2)cc1. The minimum atomic E-state index is -3.64. The number of hydrogen-bond acceptors (Lipinski definition) is 8. The van der Waals surface area contributed by atoms with Gasteiger partial charge in [-0.1, -0.05) is 0 Å². The van der Waals surface area contributed by atoms with E-state index in [0.29, 0.717) is 22.9 Å². The Morgan fingerprint density at radius 3 is 2.12 bits per heavy atom. The minimum Gasteiger partial charge on any atom is -0.439 e. The number of ketones is 1. The topological polar surface area (TPSA) is 136 Å². The van der Waals surface area contributed by atoms with Gasteiger partial charge in [0.15, 0.2) is 15.6 Å². The minimum absolute atomic E-state index is 0.0447. The van der Waals surface area contributed by atoms with Gasteiger partial charge in [-0.25, -0.2) is 17.8 Å². The molecule has 1 N–H and O–H groups in total. The van der Waals surface area contributed by atoms with Crippen LogP contribution in [0, 0.1) is 5.82 Å². The van der Waals surface area contributed by atoms with E-state index in [1.807, 2.05) is 0 Å². The fourth-order valence-corrected chi connectivity index (χ4v) is 6.33. The van der Waals surface area contributed by atoms with Crippen LogP contribution in [0.25, 0.3) is 0 Å². The van der Waals surface area contributed by atoms with Crippen molar-refractivity contribution in [3.63, 3.8) is 0 Å². The van der Waals surface area contributed by atoms with Gasteiger partial charge in [-0.05, 0) is 86.5 Å². The first-order valence-electron chi connectivity index (χ1n) is 13.4. The van der Waals surface area contributed by atoms with Crippen molar-refractivity contribution in [1.29, 1.82) is 0 Å². The third-order valence-corrected chi connectivity index (χ3v) is 9.31. The molecule has 10 nitrogen and oxygen atoms in total. The van der Waals surface area contributed by atoms with Crippen LogP contribution < -0.4 is 10.1 Å². The van der Waals surface area contributed by atoms with Gasteiger partial charge in [-0.15, -0.1) is 0 Å². The summed E-state index contributed by atoms with van der Waals surface area (Å²) in [4.78, 5) is 47.0. The number of carbonyl (C=O) groups is 3. The molecule has 0 radical (unpaired) electrons. The molecule has 0 aliphatic carbocycles. The molecule has 3 heterocycles. The van der Waals surface area contributed by atoms with Gasteiger partial charge in [0.1, 0.15) is 17.3 Å². The molecule has 2 aromatic heterocycles. The molecular formula is C31H27FN4O6S. The smallest absolute Gasteiger partial charge is 0.272 e. The lowest BCUT2D eigenvalue weighted by atomic mass is 10.1. The van der Waals surface area contributed by atoms with Gasteiger partial charge in [0.2, 0.25) is 5.88 Å². The molecule has 0 unspecified atom stereocenters. The molecule has 0 saturated carbocycles. The molecule has 0 bridgehead atoms. The Labute approximate surface area is 247 Å². The number of pyridine rings is 2. The Morgan fingerprint density at radius 1 is 0.860 bits per heavy atom. The number of hydrogen-bond donors (Lipinski definition) is 1. The number of piperidine rings is 1. The average molecular weight is 603 g/mol. The van der Waals surface area contributed by atoms with Gasteiger partial charge in [0.05, 0.1) is 27.6 Å². The predicted octanol–water partition coefficient (Wildman–Crippen LogP) is 4.94. The summed E-state index contributed by atoms with van der Waals surface area (Å²) < 4.78 is 44.7. The van der Waals surface area contributed by atoms with Gasteiger partial charge >= 0.3 is 0 Å². The maximum Gasteiger partial charge on any atom is 0.272 e. The van der Waals surface area contributed by atoms with Crippen molar-refractivity contribution in [1.82, 2.24) is 14.9 Å². The van der Waals surface area contributed by atoms with Crippen LogP contribution in [0.3, 0.4) is 0 Å². The summed E-state index contributed by atoms with van der Waals surface area (Å²) in [6.45, 7) is 1.94. The van der Waals surface area contributed by atoms with Crippen molar-refractivity contribution >= 4 is 33.1 Å². The van der Waals surface area contributed by atoms with E-state index < -0.39 is 26.8 Å². The summed E-state index contributed by atoms with van der Waals surface area (Å²) >= 11 is 0. The molecule has 5 rings (SSSR count). The second-order valence-corrected chi connectivity index (χ2v) is 12.2. The van der Waals surface area contributed by atoms with Crippen molar-refractivity contribution in [3.05, 3.63) is 108 Å². The number of benzene rings is 2. The third kappa shape index (κ3) is 6.92. The number of carbonyl (C=O) groups excluding carboxylic acids is 3. The van der Waals surface area contributed by atoms with E-state index in [4.69, 9.17) is 4.74 Å². The molecule has 220 valence electrons. The average Bonchev–Trinajstić information content (AvgIpc) is 3.02. The van der Waals surface area contributed by atoms with E-state index in [1.54, 1.807) is 36.4 Å².